The van der Waals surface area contributed by atoms with Crippen molar-refractivity contribution in [3.63, 3.8) is 0 Å². The maximum atomic E-state index is 4.35. The Morgan fingerprint density at radius 2 is 2.00 bits per heavy atom. The smallest absolute Gasteiger partial charge is 0.193 e. The van der Waals surface area contributed by atoms with Crippen LogP contribution in [0.5, 0.6) is 0 Å². The highest BCUT2D eigenvalue weighted by Gasteiger charge is 2.15. The number of nitrogens with one attached hydrogen (secondary N) is 1. The minimum Gasteiger partial charge on any atom is -0.351 e. The third-order valence-electron chi connectivity index (χ3n) is 3.10. The fourth-order valence-corrected chi connectivity index (χ4v) is 3.03. The Balaban J connectivity index is 0.00000162. The molecule has 1 fully saturated rings. The number of nitrogens with zero attached hydrogens (tertiary/aromatic N) is 2. The molecule has 18 heavy (non-hydrogen) atoms. The first-order chi connectivity index (χ1) is 8.33. The van der Waals surface area contributed by atoms with E-state index in [1.165, 1.54) is 22.6 Å². The van der Waals surface area contributed by atoms with Gasteiger partial charge in [-0.05, 0) is 31.4 Å². The van der Waals surface area contributed by atoms with Gasteiger partial charge in [0.1, 0.15) is 0 Å². The van der Waals surface area contributed by atoms with E-state index < -0.39 is 0 Å². The van der Waals surface area contributed by atoms with Crippen molar-refractivity contribution in [1.29, 1.82) is 0 Å². The summed E-state index contributed by atoms with van der Waals surface area (Å²) in [6, 6.07) is 4.44. The SMILES string of the molecule is CCc1ccc(CNC(=NC)N2CCCC2)s1.I. The molecule has 0 aliphatic carbocycles. The van der Waals surface area contributed by atoms with Crippen LogP contribution in [0.1, 0.15) is 29.5 Å². The minimum atomic E-state index is 0. The van der Waals surface area contributed by atoms with Gasteiger partial charge in [-0.15, -0.1) is 35.3 Å². The Morgan fingerprint density at radius 3 is 2.56 bits per heavy atom. The molecule has 5 heteroatoms. The van der Waals surface area contributed by atoms with E-state index in [0.29, 0.717) is 0 Å². The molecule has 0 atom stereocenters. The number of guanidine groups is 1. The molecular formula is C13H22IN3S. The molecule has 0 bridgehead atoms. The molecule has 0 aromatic carbocycles. The molecule has 2 heterocycles. The van der Waals surface area contributed by atoms with Crippen LogP contribution in [0.4, 0.5) is 0 Å². The molecule has 3 nitrogen and oxygen atoms in total. The maximum Gasteiger partial charge on any atom is 0.193 e. The van der Waals surface area contributed by atoms with E-state index in [2.05, 4.69) is 34.3 Å². The van der Waals surface area contributed by atoms with Gasteiger partial charge in [-0.3, -0.25) is 4.99 Å². The lowest BCUT2D eigenvalue weighted by Crippen LogP contribution is -2.38. The Kier molecular flexibility index (Phi) is 6.99. The average Bonchev–Trinajstić information content (AvgIpc) is 3.00. The number of aryl methyl sites for hydroxylation is 1. The van der Waals surface area contributed by atoms with Crippen molar-refractivity contribution in [2.24, 2.45) is 4.99 Å². The van der Waals surface area contributed by atoms with E-state index in [1.54, 1.807) is 0 Å². The van der Waals surface area contributed by atoms with Crippen LogP contribution in [-0.4, -0.2) is 31.0 Å². The number of hydrogen-bond donors (Lipinski definition) is 1. The van der Waals surface area contributed by atoms with Crippen molar-refractivity contribution in [3.8, 4) is 0 Å². The monoisotopic (exact) mass is 379 g/mol. The van der Waals surface area contributed by atoms with Crippen molar-refractivity contribution in [2.45, 2.75) is 32.7 Å². The highest BCUT2D eigenvalue weighted by molar-refractivity contribution is 14.0. The molecule has 1 aromatic heterocycles. The first-order valence-corrected chi connectivity index (χ1v) is 7.18. The van der Waals surface area contributed by atoms with Gasteiger partial charge < -0.3 is 10.2 Å². The van der Waals surface area contributed by atoms with Crippen molar-refractivity contribution < 1.29 is 0 Å². The standard InChI is InChI=1S/C13H21N3S.HI/c1-3-11-6-7-12(17-11)10-15-13(14-2)16-8-4-5-9-16;/h6-7H,3-5,8-10H2,1-2H3,(H,14,15);1H. The second-order valence-electron chi connectivity index (χ2n) is 4.32. The molecule has 0 amide bonds. The zero-order valence-electron chi connectivity index (χ0n) is 11.1. The van der Waals surface area contributed by atoms with E-state index in [4.69, 9.17) is 0 Å². The van der Waals surface area contributed by atoms with Crippen LogP contribution >= 0.6 is 35.3 Å². The summed E-state index contributed by atoms with van der Waals surface area (Å²) >= 11 is 1.89. The van der Waals surface area contributed by atoms with Gasteiger partial charge in [0.05, 0.1) is 6.54 Å². The van der Waals surface area contributed by atoms with E-state index >= 15 is 0 Å². The molecule has 0 radical (unpaired) electrons. The Labute approximate surface area is 131 Å². The van der Waals surface area contributed by atoms with Gasteiger partial charge in [0.2, 0.25) is 0 Å². The van der Waals surface area contributed by atoms with E-state index in [-0.39, 0.29) is 24.0 Å². The van der Waals surface area contributed by atoms with Crippen LogP contribution in [-0.2, 0) is 13.0 Å². The topological polar surface area (TPSA) is 27.6 Å². The molecule has 0 saturated carbocycles. The molecule has 0 spiro atoms. The van der Waals surface area contributed by atoms with E-state index in [0.717, 1.165) is 32.0 Å². The van der Waals surface area contributed by atoms with Gasteiger partial charge in [-0.2, -0.15) is 0 Å². The van der Waals surface area contributed by atoms with Gasteiger partial charge in [0.25, 0.3) is 0 Å². The highest BCUT2D eigenvalue weighted by atomic mass is 127. The average molecular weight is 379 g/mol. The summed E-state index contributed by atoms with van der Waals surface area (Å²) < 4.78 is 0. The number of hydrogen-bond acceptors (Lipinski definition) is 2. The second-order valence-corrected chi connectivity index (χ2v) is 5.57. The predicted octanol–water partition coefficient (Wildman–Crippen LogP) is 3.10. The van der Waals surface area contributed by atoms with Crippen LogP contribution in [0.15, 0.2) is 17.1 Å². The van der Waals surface area contributed by atoms with Crippen molar-refractivity contribution in [2.75, 3.05) is 20.1 Å². The van der Waals surface area contributed by atoms with Crippen LogP contribution in [0, 0.1) is 0 Å². The van der Waals surface area contributed by atoms with E-state index in [9.17, 15) is 0 Å². The molecule has 1 aliphatic rings. The van der Waals surface area contributed by atoms with Gasteiger partial charge in [-0.25, -0.2) is 0 Å². The Hall–Kier alpha value is -0.300. The summed E-state index contributed by atoms with van der Waals surface area (Å²) in [6.07, 6.45) is 3.71. The molecule has 1 N–H and O–H groups in total. The first-order valence-electron chi connectivity index (χ1n) is 6.36. The molecule has 0 unspecified atom stereocenters. The molecule has 1 saturated heterocycles. The first kappa shape index (κ1) is 15.8. The minimum absolute atomic E-state index is 0. The maximum absolute atomic E-state index is 4.35. The number of rotatable bonds is 3. The summed E-state index contributed by atoms with van der Waals surface area (Å²) in [7, 11) is 1.87. The van der Waals surface area contributed by atoms with Crippen molar-refractivity contribution >= 4 is 41.3 Å². The third kappa shape index (κ3) is 4.12. The van der Waals surface area contributed by atoms with Crippen molar-refractivity contribution in [1.82, 2.24) is 10.2 Å². The fraction of sp³-hybridized carbons (Fsp3) is 0.615. The molecule has 1 aromatic rings. The number of likely N-dealkylation sites (tertiary alicyclic amines) is 1. The van der Waals surface area contributed by atoms with Crippen LogP contribution in [0.3, 0.4) is 0 Å². The summed E-state index contributed by atoms with van der Waals surface area (Å²) in [5.74, 6) is 1.05. The summed E-state index contributed by atoms with van der Waals surface area (Å²) in [5, 5.41) is 3.45. The molecular weight excluding hydrogens is 357 g/mol. The predicted molar refractivity (Wildman–Crippen MR) is 90.1 cm³/mol. The lowest BCUT2D eigenvalue weighted by atomic mass is 10.3. The molecule has 102 valence electrons. The number of aliphatic imine (C=N–C) groups is 1. The van der Waals surface area contributed by atoms with Crippen LogP contribution in [0.25, 0.3) is 0 Å². The van der Waals surface area contributed by atoms with Crippen LogP contribution in [0.2, 0.25) is 0 Å². The van der Waals surface area contributed by atoms with Gasteiger partial charge in [-0.1, -0.05) is 6.92 Å². The van der Waals surface area contributed by atoms with Gasteiger partial charge in [0, 0.05) is 29.9 Å². The zero-order valence-corrected chi connectivity index (χ0v) is 14.3. The number of halogens is 1. The van der Waals surface area contributed by atoms with Crippen molar-refractivity contribution in [3.05, 3.63) is 21.9 Å². The molecule has 2 rings (SSSR count). The van der Waals surface area contributed by atoms with Gasteiger partial charge in [0.15, 0.2) is 5.96 Å². The normalized spacial score (nSPS) is 15.7. The van der Waals surface area contributed by atoms with Crippen LogP contribution < -0.4 is 5.32 Å². The summed E-state index contributed by atoms with van der Waals surface area (Å²) in [6.45, 7) is 5.38. The molecule has 1 aliphatic heterocycles. The highest BCUT2D eigenvalue weighted by Crippen LogP contribution is 2.16. The quantitative estimate of drug-likeness (QED) is 0.497. The largest absolute Gasteiger partial charge is 0.351 e. The summed E-state index contributed by atoms with van der Waals surface area (Å²) in [5.41, 5.74) is 0. The lowest BCUT2D eigenvalue weighted by Gasteiger charge is -2.20. The van der Waals surface area contributed by atoms with Gasteiger partial charge >= 0.3 is 0 Å². The van der Waals surface area contributed by atoms with E-state index in [1.807, 2.05) is 18.4 Å². The third-order valence-corrected chi connectivity index (χ3v) is 4.33. The second kappa shape index (κ2) is 7.99. The lowest BCUT2D eigenvalue weighted by molar-refractivity contribution is 0.494. The fourth-order valence-electron chi connectivity index (χ4n) is 2.13. The Morgan fingerprint density at radius 1 is 1.33 bits per heavy atom. The summed E-state index contributed by atoms with van der Waals surface area (Å²) in [4.78, 5) is 9.54. The zero-order chi connectivity index (χ0) is 12.1. The Bertz CT molecular complexity index is 383. The number of thiophene rings is 1.